The molecule has 1 saturated carbocycles. The molecule has 1 heterocycles. The van der Waals surface area contributed by atoms with E-state index in [2.05, 4.69) is 12.2 Å². The summed E-state index contributed by atoms with van der Waals surface area (Å²) in [6, 6.07) is 4.73. The Labute approximate surface area is 87.9 Å². The summed E-state index contributed by atoms with van der Waals surface area (Å²) in [5.74, 6) is 0. The van der Waals surface area contributed by atoms with Crippen LogP contribution in [0.1, 0.15) is 30.7 Å². The molecule has 0 radical (unpaired) electrons. The van der Waals surface area contributed by atoms with Crippen molar-refractivity contribution in [1.29, 1.82) is 0 Å². The van der Waals surface area contributed by atoms with Crippen molar-refractivity contribution in [3.05, 3.63) is 17.0 Å². The van der Waals surface area contributed by atoms with Gasteiger partial charge in [0.25, 0.3) is 0 Å². The topological polar surface area (TPSA) is 52.5 Å². The molecule has 1 atom stereocenters. The lowest BCUT2D eigenvalue weighted by Gasteiger charge is -2.10. The van der Waals surface area contributed by atoms with Crippen molar-refractivity contribution in [2.45, 2.75) is 31.8 Å². The Bertz CT molecular complexity index is 312. The van der Waals surface area contributed by atoms with Crippen LogP contribution in [-0.4, -0.2) is 23.2 Å². The fraction of sp³-hybridized carbons (Fsp3) is 0.556. The molecule has 0 saturated heterocycles. The van der Waals surface area contributed by atoms with Gasteiger partial charge in [0.05, 0.1) is 0 Å². The highest BCUT2D eigenvalue weighted by Gasteiger charge is 2.24. The molecule has 1 fully saturated rings. The molecule has 0 aliphatic heterocycles. The zero-order valence-corrected chi connectivity index (χ0v) is 8.92. The molecule has 0 bridgehead atoms. The van der Waals surface area contributed by atoms with Gasteiger partial charge in [0.15, 0.2) is 0 Å². The molecule has 3 nitrogen and oxygen atoms in total. The van der Waals surface area contributed by atoms with Crippen LogP contribution in [-0.2, 0) is 0 Å². The first-order valence-electron chi connectivity index (χ1n) is 4.88. The third-order valence-corrected chi connectivity index (χ3v) is 3.70. The minimum absolute atomic E-state index is 0.319. The van der Waals surface area contributed by atoms with Crippen LogP contribution < -0.4 is 10.1 Å². The summed E-state index contributed by atoms with van der Waals surface area (Å²) in [7, 11) is -1.33. The molecule has 3 N–H and O–H groups in total. The summed E-state index contributed by atoms with van der Waals surface area (Å²) in [5, 5.41) is 21.4. The summed E-state index contributed by atoms with van der Waals surface area (Å²) in [6.45, 7) is 2.11. The molecule has 5 heteroatoms. The quantitative estimate of drug-likeness (QED) is 0.625. The highest BCUT2D eigenvalue weighted by molar-refractivity contribution is 7.22. The Morgan fingerprint density at radius 2 is 2.21 bits per heavy atom. The largest absolute Gasteiger partial charge is 0.499 e. The Balaban J connectivity index is 1.99. The van der Waals surface area contributed by atoms with Gasteiger partial charge in [0, 0.05) is 21.7 Å². The van der Waals surface area contributed by atoms with Crippen molar-refractivity contribution in [3.63, 3.8) is 0 Å². The molecule has 0 aromatic carbocycles. The monoisotopic (exact) mass is 211 g/mol. The Hall–Kier alpha value is -0.355. The first-order valence-corrected chi connectivity index (χ1v) is 5.70. The first-order chi connectivity index (χ1) is 6.66. The average Bonchev–Trinajstić information content (AvgIpc) is 2.81. The molecule has 0 spiro atoms. The summed E-state index contributed by atoms with van der Waals surface area (Å²) in [6.07, 6.45) is 2.54. The third kappa shape index (κ3) is 2.36. The van der Waals surface area contributed by atoms with E-state index in [1.807, 2.05) is 6.07 Å². The molecule has 1 aliphatic carbocycles. The lowest BCUT2D eigenvalue weighted by Crippen LogP contribution is -2.26. The maximum atomic E-state index is 8.96. The van der Waals surface area contributed by atoms with E-state index in [0.29, 0.717) is 16.9 Å². The zero-order valence-electron chi connectivity index (χ0n) is 8.10. The van der Waals surface area contributed by atoms with Gasteiger partial charge in [-0.25, -0.2) is 0 Å². The molecular formula is C9H14BNO2S. The van der Waals surface area contributed by atoms with Gasteiger partial charge in [-0.3, -0.25) is 0 Å². The van der Waals surface area contributed by atoms with Gasteiger partial charge in [-0.2, -0.15) is 0 Å². The summed E-state index contributed by atoms with van der Waals surface area (Å²) in [4.78, 5) is 1.17. The van der Waals surface area contributed by atoms with Gasteiger partial charge in [0.1, 0.15) is 0 Å². The summed E-state index contributed by atoms with van der Waals surface area (Å²) < 4.78 is 0.615. The van der Waals surface area contributed by atoms with Crippen LogP contribution in [0.4, 0.5) is 0 Å². The average molecular weight is 211 g/mol. The second-order valence-corrected chi connectivity index (χ2v) is 4.92. The highest BCUT2D eigenvalue weighted by Crippen LogP contribution is 2.25. The van der Waals surface area contributed by atoms with E-state index in [1.54, 1.807) is 6.07 Å². The highest BCUT2D eigenvalue weighted by atomic mass is 32.1. The molecule has 76 valence electrons. The van der Waals surface area contributed by atoms with E-state index in [-0.39, 0.29) is 0 Å². The lowest BCUT2D eigenvalue weighted by atomic mass is 9.90. The fourth-order valence-electron chi connectivity index (χ4n) is 1.43. The molecule has 1 aromatic heterocycles. The van der Waals surface area contributed by atoms with Crippen LogP contribution in [0.5, 0.6) is 0 Å². The number of rotatable bonds is 4. The van der Waals surface area contributed by atoms with Crippen LogP contribution in [0.2, 0.25) is 0 Å². The smallest absolute Gasteiger partial charge is 0.423 e. The van der Waals surface area contributed by atoms with Gasteiger partial charge in [-0.1, -0.05) is 6.07 Å². The second-order valence-electron chi connectivity index (χ2n) is 3.78. The van der Waals surface area contributed by atoms with Gasteiger partial charge < -0.3 is 15.4 Å². The van der Waals surface area contributed by atoms with E-state index >= 15 is 0 Å². The predicted octanol–water partition coefficient (Wildman–Crippen LogP) is 0.241. The molecule has 1 aliphatic rings. The van der Waals surface area contributed by atoms with Crippen molar-refractivity contribution >= 4 is 23.2 Å². The van der Waals surface area contributed by atoms with Crippen LogP contribution >= 0.6 is 11.3 Å². The summed E-state index contributed by atoms with van der Waals surface area (Å²) in [5.41, 5.74) is 0. The SMILES string of the molecule is C[C@H](NC1CC1)c1ccc(B(O)O)s1. The van der Waals surface area contributed by atoms with Gasteiger partial charge in [-0.05, 0) is 25.8 Å². The molecule has 0 unspecified atom stereocenters. The zero-order chi connectivity index (χ0) is 10.1. The van der Waals surface area contributed by atoms with Crippen molar-refractivity contribution < 1.29 is 10.0 Å². The van der Waals surface area contributed by atoms with Crippen LogP contribution in [0, 0.1) is 0 Å². The van der Waals surface area contributed by atoms with Crippen molar-refractivity contribution in [2.24, 2.45) is 0 Å². The second kappa shape index (κ2) is 4.02. The van der Waals surface area contributed by atoms with Crippen LogP contribution in [0.3, 0.4) is 0 Å². The number of hydrogen-bond donors (Lipinski definition) is 3. The molecular weight excluding hydrogens is 197 g/mol. The third-order valence-electron chi connectivity index (χ3n) is 2.39. The standard InChI is InChI=1S/C9H14BNO2S/c1-6(11-7-2-3-7)8-4-5-9(14-8)10(12)13/h4-7,11-13H,2-3H2,1H3/t6-/m0/s1. The fourth-order valence-corrected chi connectivity index (χ4v) is 2.32. The van der Waals surface area contributed by atoms with Gasteiger partial charge >= 0.3 is 7.12 Å². The lowest BCUT2D eigenvalue weighted by molar-refractivity contribution is 0.427. The Morgan fingerprint density at radius 1 is 1.50 bits per heavy atom. The van der Waals surface area contributed by atoms with E-state index < -0.39 is 7.12 Å². The number of thiophene rings is 1. The normalized spacial score (nSPS) is 18.2. The van der Waals surface area contributed by atoms with Gasteiger partial charge in [-0.15, -0.1) is 11.3 Å². The van der Waals surface area contributed by atoms with Crippen molar-refractivity contribution in [3.8, 4) is 0 Å². The Morgan fingerprint density at radius 3 is 2.71 bits per heavy atom. The first kappa shape index (κ1) is 10.2. The molecule has 14 heavy (non-hydrogen) atoms. The van der Waals surface area contributed by atoms with E-state index in [4.69, 9.17) is 10.0 Å². The van der Waals surface area contributed by atoms with Crippen LogP contribution in [0.25, 0.3) is 0 Å². The predicted molar refractivity (Wildman–Crippen MR) is 58.7 cm³/mol. The molecule has 0 amide bonds. The van der Waals surface area contributed by atoms with Gasteiger partial charge in [0.2, 0.25) is 0 Å². The van der Waals surface area contributed by atoms with Crippen LogP contribution in [0.15, 0.2) is 12.1 Å². The molecule has 1 aromatic rings. The number of hydrogen-bond acceptors (Lipinski definition) is 4. The van der Waals surface area contributed by atoms with E-state index in [0.717, 1.165) is 0 Å². The van der Waals surface area contributed by atoms with Crippen molar-refractivity contribution in [1.82, 2.24) is 5.32 Å². The summed E-state index contributed by atoms with van der Waals surface area (Å²) >= 11 is 1.46. The Kier molecular flexibility index (Phi) is 2.92. The van der Waals surface area contributed by atoms with E-state index in [9.17, 15) is 0 Å². The molecule has 2 rings (SSSR count). The van der Waals surface area contributed by atoms with E-state index in [1.165, 1.54) is 29.1 Å². The van der Waals surface area contributed by atoms with Crippen molar-refractivity contribution in [2.75, 3.05) is 0 Å². The maximum Gasteiger partial charge on any atom is 0.499 e. The minimum Gasteiger partial charge on any atom is -0.423 e. The minimum atomic E-state index is -1.33. The maximum absolute atomic E-state index is 8.96. The number of nitrogens with one attached hydrogen (secondary N) is 1.